The van der Waals surface area contributed by atoms with Crippen LogP contribution in [0.1, 0.15) is 13.8 Å². The number of carbonyl (C=O) groups excluding carboxylic acids is 1. The molecular weight excluding hydrogens is 352 g/mol. The average Bonchev–Trinajstić information content (AvgIpc) is 2.48. The van der Waals surface area contributed by atoms with Crippen molar-refractivity contribution < 1.29 is 9.53 Å². The standard InChI is InChI=1S/C15H21BrN2O2S/c1-10(21-13-5-3-12(16)4-6-13)9-18-15(19)14-11(2)20-8-7-17-14/h3-6,10-11,14,17H,7-9H2,1-2H3,(H,18,19)/t10?,11-,14+/m1/s1. The van der Waals surface area contributed by atoms with E-state index >= 15 is 0 Å². The van der Waals surface area contributed by atoms with Gasteiger partial charge in [0.25, 0.3) is 0 Å². The number of amides is 1. The summed E-state index contributed by atoms with van der Waals surface area (Å²) in [4.78, 5) is 13.3. The number of hydrogen-bond donors (Lipinski definition) is 2. The van der Waals surface area contributed by atoms with Crippen LogP contribution in [0.15, 0.2) is 33.6 Å². The maximum atomic E-state index is 12.1. The van der Waals surface area contributed by atoms with Gasteiger partial charge in [-0.1, -0.05) is 22.9 Å². The number of rotatable bonds is 5. The normalized spacial score (nSPS) is 23.6. The number of benzene rings is 1. The molecule has 1 aliphatic heterocycles. The molecule has 6 heteroatoms. The average molecular weight is 373 g/mol. The van der Waals surface area contributed by atoms with Gasteiger partial charge in [-0.25, -0.2) is 0 Å². The van der Waals surface area contributed by atoms with Crippen LogP contribution in [0.3, 0.4) is 0 Å². The van der Waals surface area contributed by atoms with E-state index < -0.39 is 0 Å². The van der Waals surface area contributed by atoms with E-state index in [2.05, 4.69) is 45.6 Å². The lowest BCUT2D eigenvalue weighted by Crippen LogP contribution is -2.56. The van der Waals surface area contributed by atoms with Crippen LogP contribution >= 0.6 is 27.7 Å². The maximum Gasteiger partial charge on any atom is 0.239 e. The molecule has 1 unspecified atom stereocenters. The summed E-state index contributed by atoms with van der Waals surface area (Å²) >= 11 is 5.18. The lowest BCUT2D eigenvalue weighted by atomic mass is 10.1. The SMILES string of the molecule is CC(CNC(=O)[C@H]1NCCO[C@@H]1C)Sc1ccc(Br)cc1. The van der Waals surface area contributed by atoms with Crippen molar-refractivity contribution >= 4 is 33.6 Å². The van der Waals surface area contributed by atoms with Crippen LogP contribution < -0.4 is 10.6 Å². The van der Waals surface area contributed by atoms with Crippen LogP contribution in [0.2, 0.25) is 0 Å². The van der Waals surface area contributed by atoms with Crippen molar-refractivity contribution in [1.29, 1.82) is 0 Å². The van der Waals surface area contributed by atoms with Crippen LogP contribution in [-0.2, 0) is 9.53 Å². The molecule has 0 saturated carbocycles. The molecule has 0 aliphatic carbocycles. The number of morpholine rings is 1. The van der Waals surface area contributed by atoms with Gasteiger partial charge >= 0.3 is 0 Å². The largest absolute Gasteiger partial charge is 0.375 e. The Morgan fingerprint density at radius 2 is 2.24 bits per heavy atom. The number of ether oxygens (including phenoxy) is 1. The quantitative estimate of drug-likeness (QED) is 0.779. The first-order valence-electron chi connectivity index (χ1n) is 7.11. The van der Waals surface area contributed by atoms with Crippen LogP contribution in [0, 0.1) is 0 Å². The first-order valence-corrected chi connectivity index (χ1v) is 8.78. The van der Waals surface area contributed by atoms with Crippen molar-refractivity contribution in [1.82, 2.24) is 10.6 Å². The highest BCUT2D eigenvalue weighted by molar-refractivity contribution is 9.10. The zero-order valence-electron chi connectivity index (χ0n) is 12.3. The molecule has 1 fully saturated rings. The molecular formula is C15H21BrN2O2S. The van der Waals surface area contributed by atoms with E-state index in [9.17, 15) is 4.79 Å². The molecule has 1 aromatic rings. The summed E-state index contributed by atoms with van der Waals surface area (Å²) < 4.78 is 6.57. The van der Waals surface area contributed by atoms with Crippen LogP contribution in [-0.4, -0.2) is 43.0 Å². The van der Waals surface area contributed by atoms with E-state index in [0.29, 0.717) is 18.4 Å². The second-order valence-electron chi connectivity index (χ2n) is 5.14. The predicted molar refractivity (Wildman–Crippen MR) is 89.7 cm³/mol. The highest BCUT2D eigenvalue weighted by atomic mass is 79.9. The number of nitrogens with one attached hydrogen (secondary N) is 2. The van der Waals surface area contributed by atoms with Crippen molar-refractivity contribution in [3.63, 3.8) is 0 Å². The van der Waals surface area contributed by atoms with Gasteiger partial charge in [0.05, 0.1) is 12.7 Å². The van der Waals surface area contributed by atoms with Crippen LogP contribution in [0.4, 0.5) is 0 Å². The second-order valence-corrected chi connectivity index (χ2v) is 7.56. The van der Waals surface area contributed by atoms with Crippen molar-refractivity contribution in [2.45, 2.75) is 36.1 Å². The molecule has 0 radical (unpaired) electrons. The monoisotopic (exact) mass is 372 g/mol. The van der Waals surface area contributed by atoms with Crippen molar-refractivity contribution in [3.05, 3.63) is 28.7 Å². The third-order valence-electron chi connectivity index (χ3n) is 3.31. The van der Waals surface area contributed by atoms with Crippen LogP contribution in [0.25, 0.3) is 0 Å². The molecule has 1 amide bonds. The molecule has 0 bridgehead atoms. The molecule has 1 saturated heterocycles. The van der Waals surface area contributed by atoms with Gasteiger partial charge in [-0.15, -0.1) is 11.8 Å². The fourth-order valence-electron chi connectivity index (χ4n) is 2.17. The van der Waals surface area contributed by atoms with Gasteiger partial charge in [0.15, 0.2) is 0 Å². The molecule has 1 aromatic carbocycles. The van der Waals surface area contributed by atoms with Gasteiger partial charge in [-0.3, -0.25) is 4.79 Å². The second kappa shape index (κ2) is 8.17. The molecule has 3 atom stereocenters. The highest BCUT2D eigenvalue weighted by Crippen LogP contribution is 2.24. The molecule has 0 spiro atoms. The fraction of sp³-hybridized carbons (Fsp3) is 0.533. The summed E-state index contributed by atoms with van der Waals surface area (Å²) in [6.45, 7) is 6.08. The Balaban J connectivity index is 1.76. The minimum absolute atomic E-state index is 0.0189. The Kier molecular flexibility index (Phi) is 6.54. The molecule has 1 heterocycles. The van der Waals surface area contributed by atoms with E-state index in [1.54, 1.807) is 11.8 Å². The van der Waals surface area contributed by atoms with E-state index in [1.165, 1.54) is 4.90 Å². The van der Waals surface area contributed by atoms with E-state index in [0.717, 1.165) is 11.0 Å². The fourth-order valence-corrected chi connectivity index (χ4v) is 3.36. The Bertz CT molecular complexity index is 469. The summed E-state index contributed by atoms with van der Waals surface area (Å²) in [6, 6.07) is 7.96. The van der Waals surface area contributed by atoms with Crippen molar-refractivity contribution in [3.8, 4) is 0 Å². The molecule has 1 aliphatic rings. The van der Waals surface area contributed by atoms with Crippen LogP contribution in [0.5, 0.6) is 0 Å². The Labute approximate surface area is 138 Å². The lowest BCUT2D eigenvalue weighted by molar-refractivity contribution is -0.128. The smallest absolute Gasteiger partial charge is 0.239 e. The van der Waals surface area contributed by atoms with Gasteiger partial charge in [0, 0.05) is 27.7 Å². The van der Waals surface area contributed by atoms with Gasteiger partial charge < -0.3 is 15.4 Å². The molecule has 2 rings (SSSR count). The number of carbonyl (C=O) groups is 1. The molecule has 116 valence electrons. The number of halogens is 1. The zero-order valence-corrected chi connectivity index (χ0v) is 14.7. The molecule has 2 N–H and O–H groups in total. The van der Waals surface area contributed by atoms with E-state index in [4.69, 9.17) is 4.74 Å². The van der Waals surface area contributed by atoms with E-state index in [1.807, 2.05) is 19.1 Å². The number of thioether (sulfide) groups is 1. The third-order valence-corrected chi connectivity index (χ3v) is 4.96. The predicted octanol–water partition coefficient (Wildman–Crippen LogP) is 2.42. The van der Waals surface area contributed by atoms with Gasteiger partial charge in [0.1, 0.15) is 6.04 Å². The van der Waals surface area contributed by atoms with E-state index in [-0.39, 0.29) is 18.1 Å². The Hall–Kier alpha value is -0.560. The first kappa shape index (κ1) is 16.8. The van der Waals surface area contributed by atoms with Gasteiger partial charge in [-0.05, 0) is 31.2 Å². The topological polar surface area (TPSA) is 50.4 Å². The minimum atomic E-state index is -0.247. The maximum absolute atomic E-state index is 12.1. The molecule has 0 aromatic heterocycles. The Morgan fingerprint density at radius 3 is 2.90 bits per heavy atom. The molecule has 4 nitrogen and oxygen atoms in total. The number of hydrogen-bond acceptors (Lipinski definition) is 4. The van der Waals surface area contributed by atoms with Gasteiger partial charge in [-0.2, -0.15) is 0 Å². The zero-order chi connectivity index (χ0) is 15.2. The van der Waals surface area contributed by atoms with Crippen molar-refractivity contribution in [2.24, 2.45) is 0 Å². The summed E-state index contributed by atoms with van der Waals surface area (Å²) in [7, 11) is 0. The molecule has 21 heavy (non-hydrogen) atoms. The summed E-state index contributed by atoms with van der Waals surface area (Å²) in [5.74, 6) is 0.0189. The summed E-state index contributed by atoms with van der Waals surface area (Å²) in [5.41, 5.74) is 0. The first-order chi connectivity index (χ1) is 10.1. The van der Waals surface area contributed by atoms with Crippen molar-refractivity contribution in [2.75, 3.05) is 19.7 Å². The highest BCUT2D eigenvalue weighted by Gasteiger charge is 2.28. The summed E-state index contributed by atoms with van der Waals surface area (Å²) in [6.07, 6.45) is -0.0758. The van der Waals surface area contributed by atoms with Gasteiger partial charge in [0.2, 0.25) is 5.91 Å². The third kappa shape index (κ3) is 5.29. The lowest BCUT2D eigenvalue weighted by Gasteiger charge is -2.29. The minimum Gasteiger partial charge on any atom is -0.375 e. The summed E-state index contributed by atoms with van der Waals surface area (Å²) in [5, 5.41) is 6.52. The Morgan fingerprint density at radius 1 is 1.52 bits per heavy atom.